The lowest BCUT2D eigenvalue weighted by Gasteiger charge is -2.28. The molecule has 1 N–H and O–H groups in total. The molecule has 0 unspecified atom stereocenters. The number of carbonyl (C=O) groups excluding carboxylic acids is 1. The number of para-hydroxylation sites is 2. The Morgan fingerprint density at radius 2 is 1.74 bits per heavy atom. The van der Waals surface area contributed by atoms with Gasteiger partial charge in [0.15, 0.2) is 0 Å². The summed E-state index contributed by atoms with van der Waals surface area (Å²) in [7, 11) is 1.59. The lowest BCUT2D eigenvalue weighted by molar-refractivity contribution is 0.0928. The van der Waals surface area contributed by atoms with Crippen LogP contribution in [-0.4, -0.2) is 34.0 Å². The lowest BCUT2D eigenvalue weighted by Crippen LogP contribution is -2.36. The van der Waals surface area contributed by atoms with Crippen molar-refractivity contribution in [1.82, 2.24) is 20.3 Å². The first kappa shape index (κ1) is 21.8. The number of hydrogen-bond donors (Lipinski definition) is 1. The molecule has 1 saturated carbocycles. The normalized spacial score (nSPS) is 14.0. The minimum Gasteiger partial charge on any atom is -0.481 e. The largest absolute Gasteiger partial charge is 0.481 e. The molecule has 0 radical (unpaired) electrons. The average Bonchev–Trinajstić information content (AvgIpc) is 2.90. The topological polar surface area (TPSA) is 80.2 Å². The molecule has 7 nitrogen and oxygen atoms in total. The van der Waals surface area contributed by atoms with Crippen LogP contribution < -0.4 is 15.0 Å². The van der Waals surface area contributed by atoms with Crippen LogP contribution in [0.2, 0.25) is 0 Å². The van der Waals surface area contributed by atoms with Crippen LogP contribution in [0.3, 0.4) is 0 Å². The first-order chi connectivity index (χ1) is 16.7. The Bertz CT molecular complexity index is 1280. The standard InChI is InChI=1S/C27H27N5O2/c1-34-25-16-15-20(17-28-25)32(26-21-11-5-7-13-23(21)29-18-30-26)24-14-8-6-12-22(24)27(33)31-19-9-3-2-4-10-19/h5-8,11-19H,2-4,9-10H2,1H3,(H,31,33). The summed E-state index contributed by atoms with van der Waals surface area (Å²) in [6, 6.07) is 19.4. The van der Waals surface area contributed by atoms with Gasteiger partial charge >= 0.3 is 0 Å². The van der Waals surface area contributed by atoms with Gasteiger partial charge in [-0.3, -0.25) is 9.69 Å². The Morgan fingerprint density at radius 3 is 2.53 bits per heavy atom. The van der Waals surface area contributed by atoms with Gasteiger partial charge in [-0.05, 0) is 43.2 Å². The second-order valence-corrected chi connectivity index (χ2v) is 8.43. The van der Waals surface area contributed by atoms with E-state index >= 15 is 0 Å². The number of fused-ring (bicyclic) bond motifs is 1. The molecule has 4 aromatic rings. The molecule has 1 aliphatic rings. The fourth-order valence-electron chi connectivity index (χ4n) is 4.54. The van der Waals surface area contributed by atoms with Gasteiger partial charge in [0.1, 0.15) is 12.1 Å². The fourth-order valence-corrected chi connectivity index (χ4v) is 4.54. The van der Waals surface area contributed by atoms with Crippen LogP contribution in [0.5, 0.6) is 5.88 Å². The molecule has 1 amide bonds. The molecule has 2 aromatic heterocycles. The van der Waals surface area contributed by atoms with Crippen molar-refractivity contribution >= 4 is 34.0 Å². The smallest absolute Gasteiger partial charge is 0.253 e. The minimum absolute atomic E-state index is 0.0765. The maximum Gasteiger partial charge on any atom is 0.253 e. The molecule has 7 heteroatoms. The summed E-state index contributed by atoms with van der Waals surface area (Å²) in [5, 5.41) is 4.13. The first-order valence-electron chi connectivity index (χ1n) is 11.6. The number of anilines is 3. The van der Waals surface area contributed by atoms with Crippen LogP contribution in [0.4, 0.5) is 17.2 Å². The van der Waals surface area contributed by atoms with Crippen molar-refractivity contribution in [2.45, 2.75) is 38.1 Å². The van der Waals surface area contributed by atoms with E-state index in [9.17, 15) is 4.79 Å². The highest BCUT2D eigenvalue weighted by Gasteiger charge is 2.24. The molecular weight excluding hydrogens is 426 g/mol. The maximum absolute atomic E-state index is 13.5. The molecule has 2 heterocycles. The van der Waals surface area contributed by atoms with E-state index in [0.29, 0.717) is 17.3 Å². The zero-order chi connectivity index (χ0) is 23.3. The molecule has 34 heavy (non-hydrogen) atoms. The molecule has 0 bridgehead atoms. The van der Waals surface area contributed by atoms with Crippen molar-refractivity contribution in [3.63, 3.8) is 0 Å². The summed E-state index contributed by atoms with van der Waals surface area (Å²) in [5.41, 5.74) is 2.91. The van der Waals surface area contributed by atoms with E-state index in [4.69, 9.17) is 4.74 Å². The van der Waals surface area contributed by atoms with E-state index < -0.39 is 0 Å². The number of ether oxygens (including phenoxy) is 1. The van der Waals surface area contributed by atoms with Gasteiger partial charge < -0.3 is 10.1 Å². The Hall–Kier alpha value is -4.00. The number of aromatic nitrogens is 3. The lowest BCUT2D eigenvalue weighted by atomic mass is 9.95. The minimum atomic E-state index is -0.0765. The quantitative estimate of drug-likeness (QED) is 0.411. The molecule has 172 valence electrons. The number of benzene rings is 2. The van der Waals surface area contributed by atoms with E-state index in [1.807, 2.05) is 59.5 Å². The van der Waals surface area contributed by atoms with E-state index in [1.54, 1.807) is 25.7 Å². The van der Waals surface area contributed by atoms with Gasteiger partial charge in [0, 0.05) is 17.5 Å². The average molecular weight is 454 g/mol. The Kier molecular flexibility index (Phi) is 6.33. The third-order valence-corrected chi connectivity index (χ3v) is 6.25. The number of methoxy groups -OCH3 is 1. The third kappa shape index (κ3) is 4.41. The number of hydrogen-bond acceptors (Lipinski definition) is 6. The molecule has 1 fully saturated rings. The Labute approximate surface area is 198 Å². The predicted molar refractivity (Wildman–Crippen MR) is 133 cm³/mol. The fraction of sp³-hybridized carbons (Fsp3) is 0.259. The van der Waals surface area contributed by atoms with Gasteiger partial charge in [0.25, 0.3) is 5.91 Å². The van der Waals surface area contributed by atoms with Crippen molar-refractivity contribution in [3.8, 4) is 5.88 Å². The monoisotopic (exact) mass is 453 g/mol. The van der Waals surface area contributed by atoms with Crippen molar-refractivity contribution in [3.05, 3.63) is 78.8 Å². The number of amides is 1. The summed E-state index contributed by atoms with van der Waals surface area (Å²) in [6.45, 7) is 0. The van der Waals surface area contributed by atoms with Crippen molar-refractivity contribution < 1.29 is 9.53 Å². The molecule has 0 saturated heterocycles. The maximum atomic E-state index is 13.5. The number of pyridine rings is 1. The van der Waals surface area contributed by atoms with E-state index in [2.05, 4.69) is 20.3 Å². The van der Waals surface area contributed by atoms with Crippen LogP contribution in [0, 0.1) is 0 Å². The van der Waals surface area contributed by atoms with Crippen molar-refractivity contribution in [1.29, 1.82) is 0 Å². The van der Waals surface area contributed by atoms with Crippen LogP contribution >= 0.6 is 0 Å². The van der Waals surface area contributed by atoms with Gasteiger partial charge in [-0.25, -0.2) is 15.0 Å². The molecule has 2 aromatic carbocycles. The number of carbonyl (C=O) groups is 1. The van der Waals surface area contributed by atoms with E-state index in [0.717, 1.165) is 48.0 Å². The van der Waals surface area contributed by atoms with E-state index in [-0.39, 0.29) is 11.9 Å². The highest BCUT2D eigenvalue weighted by Crippen LogP contribution is 2.38. The number of rotatable bonds is 6. The van der Waals surface area contributed by atoms with Crippen molar-refractivity contribution in [2.75, 3.05) is 12.0 Å². The van der Waals surface area contributed by atoms with Crippen LogP contribution in [-0.2, 0) is 0 Å². The summed E-state index contributed by atoms with van der Waals surface area (Å²) in [5.74, 6) is 1.11. The van der Waals surface area contributed by atoms with Gasteiger partial charge in [-0.15, -0.1) is 0 Å². The SMILES string of the molecule is COc1ccc(N(c2ccccc2C(=O)NC2CCCCC2)c2ncnc3ccccc23)cn1. The second-order valence-electron chi connectivity index (χ2n) is 8.43. The zero-order valence-corrected chi connectivity index (χ0v) is 19.1. The molecule has 0 spiro atoms. The summed E-state index contributed by atoms with van der Waals surface area (Å²) in [6.07, 6.45) is 8.87. The summed E-state index contributed by atoms with van der Waals surface area (Å²) < 4.78 is 5.26. The van der Waals surface area contributed by atoms with Gasteiger partial charge in [-0.1, -0.05) is 43.5 Å². The van der Waals surface area contributed by atoms with E-state index in [1.165, 1.54) is 6.42 Å². The Balaban J connectivity index is 1.63. The highest BCUT2D eigenvalue weighted by molar-refractivity contribution is 6.04. The van der Waals surface area contributed by atoms with Crippen LogP contribution in [0.15, 0.2) is 73.2 Å². The third-order valence-electron chi connectivity index (χ3n) is 6.25. The van der Waals surface area contributed by atoms with Crippen LogP contribution in [0.25, 0.3) is 10.9 Å². The molecule has 1 aliphatic carbocycles. The molecule has 0 aliphatic heterocycles. The number of nitrogens with zero attached hydrogens (tertiary/aromatic N) is 4. The second kappa shape index (κ2) is 9.87. The summed E-state index contributed by atoms with van der Waals surface area (Å²) in [4.78, 5) is 28.9. The molecular formula is C27H27N5O2. The van der Waals surface area contributed by atoms with Gasteiger partial charge in [0.05, 0.1) is 35.8 Å². The Morgan fingerprint density at radius 1 is 0.941 bits per heavy atom. The molecule has 0 atom stereocenters. The van der Waals surface area contributed by atoms with Gasteiger partial charge in [-0.2, -0.15) is 0 Å². The highest BCUT2D eigenvalue weighted by atomic mass is 16.5. The van der Waals surface area contributed by atoms with Crippen molar-refractivity contribution in [2.24, 2.45) is 0 Å². The predicted octanol–water partition coefficient (Wildman–Crippen LogP) is 5.57. The zero-order valence-electron chi connectivity index (χ0n) is 19.1. The van der Waals surface area contributed by atoms with Crippen LogP contribution in [0.1, 0.15) is 42.5 Å². The molecule has 5 rings (SSSR count). The summed E-state index contributed by atoms with van der Waals surface area (Å²) >= 11 is 0. The van der Waals surface area contributed by atoms with Gasteiger partial charge in [0.2, 0.25) is 5.88 Å². The number of nitrogens with one attached hydrogen (secondary N) is 1. The first-order valence-corrected chi connectivity index (χ1v) is 11.6.